The molecule has 2 rings (SSSR count). The first-order valence-corrected chi connectivity index (χ1v) is 5.89. The van der Waals surface area contributed by atoms with Crippen LogP contribution in [0.15, 0.2) is 36.4 Å². The molecule has 0 atom stereocenters. The molecule has 0 heterocycles. The van der Waals surface area contributed by atoms with Gasteiger partial charge < -0.3 is 11.1 Å². The van der Waals surface area contributed by atoms with E-state index in [-0.39, 0.29) is 0 Å². The fourth-order valence-electron chi connectivity index (χ4n) is 1.81. The van der Waals surface area contributed by atoms with Gasteiger partial charge in [0.15, 0.2) is 0 Å². The highest BCUT2D eigenvalue weighted by Crippen LogP contribution is 2.19. The SMILES string of the molecule is Cc1c(N)cccc1CNc1ccc(C#N)cc1F. The minimum atomic E-state index is -0.430. The Balaban J connectivity index is 2.15. The van der Waals surface area contributed by atoms with Gasteiger partial charge in [-0.2, -0.15) is 5.26 Å². The third-order valence-corrected chi connectivity index (χ3v) is 3.06. The van der Waals surface area contributed by atoms with Crippen LogP contribution < -0.4 is 11.1 Å². The Kier molecular flexibility index (Phi) is 3.67. The molecule has 0 aliphatic heterocycles. The third kappa shape index (κ3) is 2.83. The molecule has 4 heteroatoms. The highest BCUT2D eigenvalue weighted by atomic mass is 19.1. The number of nitrogen functional groups attached to an aromatic ring is 1. The van der Waals surface area contributed by atoms with Crippen LogP contribution in [-0.2, 0) is 6.54 Å². The predicted molar refractivity (Wildman–Crippen MR) is 74.0 cm³/mol. The summed E-state index contributed by atoms with van der Waals surface area (Å²) in [5, 5.41) is 11.7. The van der Waals surface area contributed by atoms with Crippen molar-refractivity contribution >= 4 is 11.4 Å². The van der Waals surface area contributed by atoms with Crippen molar-refractivity contribution in [2.45, 2.75) is 13.5 Å². The molecule has 2 aromatic rings. The number of nitrogens with zero attached hydrogens (tertiary/aromatic N) is 1. The van der Waals surface area contributed by atoms with Gasteiger partial charge in [0.25, 0.3) is 0 Å². The van der Waals surface area contributed by atoms with Crippen molar-refractivity contribution in [1.29, 1.82) is 5.26 Å². The fourth-order valence-corrected chi connectivity index (χ4v) is 1.81. The maximum absolute atomic E-state index is 13.7. The molecule has 0 fully saturated rings. The maximum Gasteiger partial charge on any atom is 0.147 e. The van der Waals surface area contributed by atoms with Gasteiger partial charge in [-0.3, -0.25) is 0 Å². The predicted octanol–water partition coefficient (Wildman–Crippen LogP) is 3.20. The lowest BCUT2D eigenvalue weighted by Crippen LogP contribution is -2.04. The molecule has 3 N–H and O–H groups in total. The van der Waals surface area contributed by atoms with Gasteiger partial charge in [-0.25, -0.2) is 4.39 Å². The second-order valence-corrected chi connectivity index (χ2v) is 4.29. The number of hydrogen-bond acceptors (Lipinski definition) is 3. The van der Waals surface area contributed by atoms with Crippen molar-refractivity contribution in [3.05, 3.63) is 58.9 Å². The van der Waals surface area contributed by atoms with Crippen molar-refractivity contribution in [3.8, 4) is 6.07 Å². The van der Waals surface area contributed by atoms with Crippen LogP contribution in [0.2, 0.25) is 0 Å². The number of rotatable bonds is 3. The van der Waals surface area contributed by atoms with Crippen molar-refractivity contribution in [2.24, 2.45) is 0 Å². The second kappa shape index (κ2) is 5.40. The Hall–Kier alpha value is -2.54. The van der Waals surface area contributed by atoms with Gasteiger partial charge in [0.05, 0.1) is 17.3 Å². The number of benzene rings is 2. The first-order valence-electron chi connectivity index (χ1n) is 5.89. The Labute approximate surface area is 111 Å². The molecule has 0 unspecified atom stereocenters. The van der Waals surface area contributed by atoms with Crippen molar-refractivity contribution in [1.82, 2.24) is 0 Å². The molecule has 0 aliphatic carbocycles. The van der Waals surface area contributed by atoms with Crippen LogP contribution in [-0.4, -0.2) is 0 Å². The summed E-state index contributed by atoms with van der Waals surface area (Å²) in [5.41, 5.74) is 9.23. The molecule has 0 bridgehead atoms. The van der Waals surface area contributed by atoms with E-state index in [2.05, 4.69) is 5.32 Å². The molecule has 0 saturated heterocycles. The lowest BCUT2D eigenvalue weighted by Gasteiger charge is -2.11. The van der Waals surface area contributed by atoms with E-state index in [0.717, 1.165) is 16.8 Å². The average Bonchev–Trinajstić information content (AvgIpc) is 2.41. The fraction of sp³-hybridized carbons (Fsp3) is 0.133. The van der Waals surface area contributed by atoms with Gasteiger partial charge >= 0.3 is 0 Å². The second-order valence-electron chi connectivity index (χ2n) is 4.29. The van der Waals surface area contributed by atoms with Gasteiger partial charge in [0.1, 0.15) is 5.82 Å². The van der Waals surface area contributed by atoms with Crippen molar-refractivity contribution < 1.29 is 4.39 Å². The summed E-state index contributed by atoms with van der Waals surface area (Å²) < 4.78 is 13.7. The number of nitriles is 1. The zero-order valence-corrected chi connectivity index (χ0v) is 10.6. The van der Waals surface area contributed by atoms with E-state index in [0.29, 0.717) is 17.8 Å². The molecule has 3 nitrogen and oxygen atoms in total. The smallest absolute Gasteiger partial charge is 0.147 e. The molecule has 0 saturated carbocycles. The minimum absolute atomic E-state index is 0.309. The van der Waals surface area contributed by atoms with E-state index in [9.17, 15) is 4.39 Å². The van der Waals surface area contributed by atoms with Crippen molar-refractivity contribution in [2.75, 3.05) is 11.1 Å². The largest absolute Gasteiger partial charge is 0.399 e. The molecule has 96 valence electrons. The van der Waals surface area contributed by atoms with Gasteiger partial charge in [-0.15, -0.1) is 0 Å². The number of hydrogen-bond donors (Lipinski definition) is 2. The normalized spacial score (nSPS) is 9.95. The van der Waals surface area contributed by atoms with Crippen molar-refractivity contribution in [3.63, 3.8) is 0 Å². The van der Waals surface area contributed by atoms with E-state index in [1.165, 1.54) is 6.07 Å². The van der Waals surface area contributed by atoms with Crippen LogP contribution in [0.25, 0.3) is 0 Å². The summed E-state index contributed by atoms with van der Waals surface area (Å²) in [6.07, 6.45) is 0. The topological polar surface area (TPSA) is 61.8 Å². The lowest BCUT2D eigenvalue weighted by atomic mass is 10.1. The summed E-state index contributed by atoms with van der Waals surface area (Å²) in [5.74, 6) is -0.430. The zero-order chi connectivity index (χ0) is 13.8. The summed E-state index contributed by atoms with van der Waals surface area (Å²) >= 11 is 0. The molecule has 2 aromatic carbocycles. The Morgan fingerprint density at radius 3 is 2.79 bits per heavy atom. The Morgan fingerprint density at radius 1 is 1.32 bits per heavy atom. The first-order chi connectivity index (χ1) is 9.11. The summed E-state index contributed by atoms with van der Waals surface area (Å²) in [6.45, 7) is 2.42. The molecular weight excluding hydrogens is 241 g/mol. The van der Waals surface area contributed by atoms with E-state index >= 15 is 0 Å². The van der Waals surface area contributed by atoms with E-state index in [4.69, 9.17) is 11.0 Å². The molecule has 0 aliphatic rings. The van der Waals surface area contributed by atoms with Gasteiger partial charge in [0.2, 0.25) is 0 Å². The van der Waals surface area contributed by atoms with Crippen LogP contribution in [0.3, 0.4) is 0 Å². The number of nitrogens with two attached hydrogens (primary N) is 1. The van der Waals surface area contributed by atoms with E-state index in [1.54, 1.807) is 12.1 Å². The number of anilines is 2. The van der Waals surface area contributed by atoms with Crippen LogP contribution in [0.4, 0.5) is 15.8 Å². The standard InChI is InChI=1S/C15H14FN3/c1-10-12(3-2-4-14(10)18)9-19-15-6-5-11(8-17)7-13(15)16/h2-7,19H,9,18H2,1H3. The molecule has 19 heavy (non-hydrogen) atoms. The Morgan fingerprint density at radius 2 is 2.11 bits per heavy atom. The van der Waals surface area contributed by atoms with Crippen LogP contribution in [0.5, 0.6) is 0 Å². The van der Waals surface area contributed by atoms with Gasteiger partial charge in [-0.1, -0.05) is 12.1 Å². The van der Waals surface area contributed by atoms with Crippen LogP contribution in [0, 0.1) is 24.1 Å². The van der Waals surface area contributed by atoms with E-state index in [1.807, 2.05) is 31.2 Å². The minimum Gasteiger partial charge on any atom is -0.399 e. The quantitative estimate of drug-likeness (QED) is 0.828. The number of nitrogens with one attached hydrogen (secondary N) is 1. The molecule has 0 spiro atoms. The zero-order valence-electron chi connectivity index (χ0n) is 10.6. The molecule has 0 amide bonds. The van der Waals surface area contributed by atoms with E-state index < -0.39 is 5.82 Å². The molecular formula is C15H14FN3. The monoisotopic (exact) mass is 255 g/mol. The van der Waals surface area contributed by atoms with Crippen LogP contribution in [0.1, 0.15) is 16.7 Å². The average molecular weight is 255 g/mol. The highest BCUT2D eigenvalue weighted by Gasteiger charge is 2.05. The lowest BCUT2D eigenvalue weighted by molar-refractivity contribution is 0.629. The first kappa shape index (κ1) is 12.9. The summed E-state index contributed by atoms with van der Waals surface area (Å²) in [4.78, 5) is 0. The van der Waals surface area contributed by atoms with Crippen LogP contribution >= 0.6 is 0 Å². The molecule has 0 aromatic heterocycles. The maximum atomic E-state index is 13.7. The summed E-state index contributed by atoms with van der Waals surface area (Å²) in [6, 6.07) is 11.9. The Bertz CT molecular complexity index is 644. The molecule has 0 radical (unpaired) electrons. The van der Waals surface area contributed by atoms with Gasteiger partial charge in [-0.05, 0) is 42.3 Å². The highest BCUT2D eigenvalue weighted by molar-refractivity contribution is 5.53. The van der Waals surface area contributed by atoms with Gasteiger partial charge in [0, 0.05) is 12.2 Å². The third-order valence-electron chi connectivity index (χ3n) is 3.06. The summed E-state index contributed by atoms with van der Waals surface area (Å²) in [7, 11) is 0. The number of halogens is 1.